The van der Waals surface area contributed by atoms with E-state index in [4.69, 9.17) is 0 Å². The number of benzene rings is 1. The topological polar surface area (TPSA) is 23.5 Å². The molecule has 0 heterocycles. The summed E-state index contributed by atoms with van der Waals surface area (Å²) in [6.45, 7) is 2.18. The van der Waals surface area contributed by atoms with Crippen LogP contribution in [0.5, 0.6) is 0 Å². The van der Waals surface area contributed by atoms with E-state index in [1.807, 2.05) is 26.2 Å². The molecule has 1 aromatic rings. The van der Waals surface area contributed by atoms with Gasteiger partial charge in [-0.15, -0.1) is 0 Å². The average Bonchev–Trinajstić information content (AvgIpc) is 2.29. The third-order valence-corrected chi connectivity index (χ3v) is 2.88. The predicted molar refractivity (Wildman–Crippen MR) is 69.9 cm³/mol. The average molecular weight is 221 g/mol. The van der Waals surface area contributed by atoms with Crippen LogP contribution in [-0.2, 0) is 0 Å². The van der Waals surface area contributed by atoms with Crippen molar-refractivity contribution in [2.24, 2.45) is 0 Å². The smallest absolute Gasteiger partial charge is 0.0790 e. The number of aliphatic hydroxyl groups is 1. The van der Waals surface area contributed by atoms with Gasteiger partial charge in [0, 0.05) is 19.8 Å². The van der Waals surface area contributed by atoms with Crippen molar-refractivity contribution >= 4 is 5.69 Å². The highest BCUT2D eigenvalue weighted by molar-refractivity contribution is 5.46. The minimum atomic E-state index is -0.303. The number of hydrogen-bond donors (Lipinski definition) is 1. The molecule has 0 saturated heterocycles. The van der Waals surface area contributed by atoms with Crippen molar-refractivity contribution < 1.29 is 5.11 Å². The second-order valence-corrected chi connectivity index (χ2v) is 4.50. The number of anilines is 1. The molecule has 1 rings (SSSR count). The van der Waals surface area contributed by atoms with Crippen LogP contribution in [0.4, 0.5) is 5.69 Å². The van der Waals surface area contributed by atoms with Crippen molar-refractivity contribution in [2.45, 2.75) is 38.7 Å². The SMILES string of the molecule is CCCCCC(O)c1ccc(N(C)C)cc1. The zero-order valence-corrected chi connectivity index (χ0v) is 10.6. The monoisotopic (exact) mass is 221 g/mol. The molecule has 0 aliphatic heterocycles. The summed E-state index contributed by atoms with van der Waals surface area (Å²) in [6.07, 6.45) is 4.07. The van der Waals surface area contributed by atoms with E-state index in [2.05, 4.69) is 24.0 Å². The number of aliphatic hydroxyl groups excluding tert-OH is 1. The molecule has 0 radical (unpaired) electrons. The van der Waals surface area contributed by atoms with E-state index in [1.165, 1.54) is 18.5 Å². The number of nitrogens with zero attached hydrogens (tertiary/aromatic N) is 1. The summed E-state index contributed by atoms with van der Waals surface area (Å²) in [5, 5.41) is 9.96. The number of unbranched alkanes of at least 4 members (excludes halogenated alkanes) is 2. The summed E-state index contributed by atoms with van der Waals surface area (Å²) >= 11 is 0. The van der Waals surface area contributed by atoms with Gasteiger partial charge in [0.05, 0.1) is 6.10 Å². The summed E-state index contributed by atoms with van der Waals surface area (Å²) in [4.78, 5) is 2.06. The van der Waals surface area contributed by atoms with Gasteiger partial charge < -0.3 is 10.0 Å². The highest BCUT2D eigenvalue weighted by Gasteiger charge is 2.06. The van der Waals surface area contributed by atoms with Crippen LogP contribution in [0.15, 0.2) is 24.3 Å². The Kier molecular flexibility index (Phi) is 5.33. The second kappa shape index (κ2) is 6.54. The molecule has 0 saturated carbocycles. The van der Waals surface area contributed by atoms with Gasteiger partial charge in [-0.3, -0.25) is 0 Å². The van der Waals surface area contributed by atoms with Gasteiger partial charge in [-0.1, -0.05) is 38.3 Å². The Morgan fingerprint density at radius 1 is 1.12 bits per heavy atom. The first kappa shape index (κ1) is 13.0. The van der Waals surface area contributed by atoms with Crippen molar-refractivity contribution in [3.05, 3.63) is 29.8 Å². The standard InChI is InChI=1S/C14H23NO/c1-4-5-6-7-14(16)12-8-10-13(11-9-12)15(2)3/h8-11,14,16H,4-7H2,1-3H3. The van der Waals surface area contributed by atoms with Crippen molar-refractivity contribution in [2.75, 3.05) is 19.0 Å². The van der Waals surface area contributed by atoms with Crippen molar-refractivity contribution in [3.8, 4) is 0 Å². The lowest BCUT2D eigenvalue weighted by molar-refractivity contribution is 0.163. The summed E-state index contributed by atoms with van der Waals surface area (Å²) < 4.78 is 0. The van der Waals surface area contributed by atoms with Gasteiger partial charge in [-0.25, -0.2) is 0 Å². The third-order valence-electron chi connectivity index (χ3n) is 2.88. The summed E-state index contributed by atoms with van der Waals surface area (Å²) in [5.74, 6) is 0. The molecule has 0 spiro atoms. The van der Waals surface area contributed by atoms with Gasteiger partial charge in [-0.05, 0) is 24.1 Å². The maximum absolute atomic E-state index is 9.96. The first-order chi connectivity index (χ1) is 7.65. The van der Waals surface area contributed by atoms with E-state index < -0.39 is 0 Å². The first-order valence-corrected chi connectivity index (χ1v) is 6.10. The Labute approximate surface area is 98.9 Å². The molecule has 0 aliphatic rings. The van der Waals surface area contributed by atoms with Gasteiger partial charge in [0.25, 0.3) is 0 Å². The van der Waals surface area contributed by atoms with Crippen LogP contribution in [0.1, 0.15) is 44.3 Å². The molecular formula is C14H23NO. The first-order valence-electron chi connectivity index (χ1n) is 6.10. The Hall–Kier alpha value is -1.02. The van der Waals surface area contributed by atoms with Crippen LogP contribution in [0.3, 0.4) is 0 Å². The minimum Gasteiger partial charge on any atom is -0.388 e. The van der Waals surface area contributed by atoms with Crippen LogP contribution in [0.25, 0.3) is 0 Å². The highest BCUT2D eigenvalue weighted by atomic mass is 16.3. The van der Waals surface area contributed by atoms with Crippen LogP contribution in [-0.4, -0.2) is 19.2 Å². The van der Waals surface area contributed by atoms with Crippen LogP contribution < -0.4 is 4.90 Å². The fourth-order valence-electron chi connectivity index (χ4n) is 1.75. The van der Waals surface area contributed by atoms with E-state index in [0.29, 0.717) is 0 Å². The molecule has 0 amide bonds. The van der Waals surface area contributed by atoms with E-state index in [1.54, 1.807) is 0 Å². The summed E-state index contributed by atoms with van der Waals surface area (Å²) in [5.41, 5.74) is 2.20. The molecule has 1 atom stereocenters. The normalized spacial score (nSPS) is 12.5. The number of hydrogen-bond acceptors (Lipinski definition) is 2. The van der Waals surface area contributed by atoms with Gasteiger partial charge in [-0.2, -0.15) is 0 Å². The quantitative estimate of drug-likeness (QED) is 0.744. The van der Waals surface area contributed by atoms with Crippen LogP contribution in [0.2, 0.25) is 0 Å². The second-order valence-electron chi connectivity index (χ2n) is 4.50. The molecule has 1 N–H and O–H groups in total. The molecule has 1 unspecified atom stereocenters. The predicted octanol–water partition coefficient (Wildman–Crippen LogP) is 3.37. The third kappa shape index (κ3) is 3.86. The van der Waals surface area contributed by atoms with Gasteiger partial charge in [0.15, 0.2) is 0 Å². The van der Waals surface area contributed by atoms with Gasteiger partial charge in [0.2, 0.25) is 0 Å². The largest absolute Gasteiger partial charge is 0.388 e. The minimum absolute atomic E-state index is 0.303. The highest BCUT2D eigenvalue weighted by Crippen LogP contribution is 2.22. The Balaban J connectivity index is 2.52. The molecule has 16 heavy (non-hydrogen) atoms. The molecule has 0 fully saturated rings. The van der Waals surface area contributed by atoms with Crippen molar-refractivity contribution in [1.82, 2.24) is 0 Å². The number of rotatable bonds is 6. The molecular weight excluding hydrogens is 198 g/mol. The summed E-state index contributed by atoms with van der Waals surface area (Å²) in [7, 11) is 4.04. The fraction of sp³-hybridized carbons (Fsp3) is 0.571. The molecule has 90 valence electrons. The van der Waals surface area contributed by atoms with Crippen molar-refractivity contribution in [3.63, 3.8) is 0 Å². The maximum atomic E-state index is 9.96. The zero-order chi connectivity index (χ0) is 12.0. The molecule has 2 nitrogen and oxygen atoms in total. The Morgan fingerprint density at radius 3 is 2.25 bits per heavy atom. The molecule has 0 aliphatic carbocycles. The van der Waals surface area contributed by atoms with Gasteiger partial charge in [0.1, 0.15) is 0 Å². The Morgan fingerprint density at radius 2 is 1.75 bits per heavy atom. The van der Waals surface area contributed by atoms with Crippen molar-refractivity contribution in [1.29, 1.82) is 0 Å². The molecule has 2 heteroatoms. The Bertz CT molecular complexity index is 292. The van der Waals surface area contributed by atoms with Crippen LogP contribution >= 0.6 is 0 Å². The van der Waals surface area contributed by atoms with E-state index in [0.717, 1.165) is 18.4 Å². The molecule has 0 bridgehead atoms. The zero-order valence-electron chi connectivity index (χ0n) is 10.6. The molecule has 1 aromatic carbocycles. The molecule has 0 aromatic heterocycles. The van der Waals surface area contributed by atoms with E-state index in [9.17, 15) is 5.11 Å². The van der Waals surface area contributed by atoms with Crippen LogP contribution in [0, 0.1) is 0 Å². The van der Waals surface area contributed by atoms with Gasteiger partial charge >= 0.3 is 0 Å². The van der Waals surface area contributed by atoms with E-state index >= 15 is 0 Å². The lowest BCUT2D eigenvalue weighted by Crippen LogP contribution is -2.08. The maximum Gasteiger partial charge on any atom is 0.0790 e. The lowest BCUT2D eigenvalue weighted by atomic mass is 10.0. The summed E-state index contributed by atoms with van der Waals surface area (Å²) in [6, 6.07) is 8.15. The fourth-order valence-corrected chi connectivity index (χ4v) is 1.75. The lowest BCUT2D eigenvalue weighted by Gasteiger charge is -2.15. The van der Waals surface area contributed by atoms with E-state index in [-0.39, 0.29) is 6.10 Å².